The van der Waals surface area contributed by atoms with E-state index in [2.05, 4.69) is 34.2 Å². The van der Waals surface area contributed by atoms with Gasteiger partial charge in [0.25, 0.3) is 0 Å². The lowest BCUT2D eigenvalue weighted by Gasteiger charge is -2.32. The van der Waals surface area contributed by atoms with Gasteiger partial charge in [-0.15, -0.1) is 0 Å². The monoisotopic (exact) mass is 317 g/mol. The highest BCUT2D eigenvalue weighted by Crippen LogP contribution is 2.20. The average molecular weight is 317 g/mol. The van der Waals surface area contributed by atoms with Crippen molar-refractivity contribution < 1.29 is 9.53 Å². The van der Waals surface area contributed by atoms with Crippen LogP contribution in [-0.4, -0.2) is 56.2 Å². The highest BCUT2D eigenvalue weighted by molar-refractivity contribution is 5.92. The largest absolute Gasteiger partial charge is 0.378 e. The van der Waals surface area contributed by atoms with E-state index in [1.165, 1.54) is 24.9 Å². The number of likely N-dealkylation sites (tertiary alicyclic amines) is 1. The topological polar surface area (TPSA) is 44.8 Å². The van der Waals surface area contributed by atoms with Gasteiger partial charge in [-0.25, -0.2) is 0 Å². The Morgan fingerprint density at radius 1 is 1.17 bits per heavy atom. The quantitative estimate of drug-likeness (QED) is 0.926. The molecule has 1 aromatic carbocycles. The van der Waals surface area contributed by atoms with Crippen molar-refractivity contribution in [2.75, 3.05) is 49.6 Å². The van der Waals surface area contributed by atoms with Crippen LogP contribution in [0.15, 0.2) is 24.3 Å². The van der Waals surface area contributed by atoms with Crippen LogP contribution in [0.3, 0.4) is 0 Å². The van der Waals surface area contributed by atoms with E-state index in [1.807, 2.05) is 12.1 Å². The van der Waals surface area contributed by atoms with Gasteiger partial charge in [0.2, 0.25) is 5.91 Å². The fourth-order valence-electron chi connectivity index (χ4n) is 3.35. The number of carbonyl (C=O) groups excluding carboxylic acids is 1. The molecular formula is C18H27N3O2. The molecule has 0 bridgehead atoms. The van der Waals surface area contributed by atoms with Gasteiger partial charge >= 0.3 is 0 Å². The predicted molar refractivity (Wildman–Crippen MR) is 93.0 cm³/mol. The molecule has 5 nitrogen and oxygen atoms in total. The van der Waals surface area contributed by atoms with Crippen molar-refractivity contribution in [3.8, 4) is 0 Å². The highest BCUT2D eigenvalue weighted by Gasteiger charge is 2.20. The molecule has 2 fully saturated rings. The van der Waals surface area contributed by atoms with Crippen LogP contribution in [0.2, 0.25) is 0 Å². The molecule has 5 heteroatoms. The number of anilines is 2. The molecule has 0 aromatic heterocycles. The van der Waals surface area contributed by atoms with Gasteiger partial charge in [0.15, 0.2) is 0 Å². The zero-order valence-electron chi connectivity index (χ0n) is 14.0. The normalized spacial score (nSPS) is 22.8. The van der Waals surface area contributed by atoms with Gasteiger partial charge in [-0.2, -0.15) is 0 Å². The van der Waals surface area contributed by atoms with E-state index in [0.717, 1.165) is 38.5 Å². The molecule has 126 valence electrons. The van der Waals surface area contributed by atoms with Crippen LogP contribution >= 0.6 is 0 Å². The summed E-state index contributed by atoms with van der Waals surface area (Å²) in [6, 6.07) is 8.64. The van der Waals surface area contributed by atoms with E-state index < -0.39 is 0 Å². The third kappa shape index (κ3) is 4.45. The van der Waals surface area contributed by atoms with E-state index in [-0.39, 0.29) is 5.91 Å². The van der Waals surface area contributed by atoms with Crippen molar-refractivity contribution in [2.24, 2.45) is 0 Å². The van der Waals surface area contributed by atoms with Crippen LogP contribution in [0.25, 0.3) is 0 Å². The molecule has 1 atom stereocenters. The van der Waals surface area contributed by atoms with Crippen LogP contribution < -0.4 is 10.2 Å². The summed E-state index contributed by atoms with van der Waals surface area (Å²) in [7, 11) is 0. The Kier molecular flexibility index (Phi) is 5.51. The van der Waals surface area contributed by atoms with E-state index in [0.29, 0.717) is 12.6 Å². The smallest absolute Gasteiger partial charge is 0.238 e. The number of nitrogens with one attached hydrogen (secondary N) is 1. The van der Waals surface area contributed by atoms with Gasteiger partial charge in [-0.1, -0.05) is 6.42 Å². The number of rotatable bonds is 4. The number of benzene rings is 1. The first kappa shape index (κ1) is 16.3. The minimum atomic E-state index is 0.0814. The van der Waals surface area contributed by atoms with Gasteiger partial charge in [0.05, 0.1) is 19.8 Å². The van der Waals surface area contributed by atoms with Crippen molar-refractivity contribution in [2.45, 2.75) is 32.2 Å². The molecule has 0 radical (unpaired) electrons. The molecule has 0 spiro atoms. The summed E-state index contributed by atoms with van der Waals surface area (Å²) in [5.74, 6) is 0.0814. The number of morpholine rings is 1. The van der Waals surface area contributed by atoms with Gasteiger partial charge in [-0.3, -0.25) is 9.69 Å². The number of hydrogen-bond donors (Lipinski definition) is 1. The summed E-state index contributed by atoms with van der Waals surface area (Å²) in [5.41, 5.74) is 2.06. The van der Waals surface area contributed by atoms with Crippen LogP contribution in [0.1, 0.15) is 26.2 Å². The molecule has 23 heavy (non-hydrogen) atoms. The lowest BCUT2D eigenvalue weighted by molar-refractivity contribution is -0.118. The maximum Gasteiger partial charge on any atom is 0.238 e. The van der Waals surface area contributed by atoms with Gasteiger partial charge < -0.3 is 15.0 Å². The molecule has 0 saturated carbocycles. The Morgan fingerprint density at radius 3 is 2.61 bits per heavy atom. The molecule has 0 unspecified atom stereocenters. The number of carbonyl (C=O) groups is 1. The zero-order chi connectivity index (χ0) is 16.1. The molecule has 1 aromatic rings. The van der Waals surface area contributed by atoms with Crippen molar-refractivity contribution in [3.05, 3.63) is 24.3 Å². The molecule has 2 heterocycles. The number of hydrogen-bond acceptors (Lipinski definition) is 4. The van der Waals surface area contributed by atoms with Gasteiger partial charge in [0, 0.05) is 30.5 Å². The van der Waals surface area contributed by atoms with Crippen LogP contribution in [0.5, 0.6) is 0 Å². The Hall–Kier alpha value is -1.59. The van der Waals surface area contributed by atoms with Crippen LogP contribution in [0.4, 0.5) is 11.4 Å². The van der Waals surface area contributed by atoms with E-state index in [9.17, 15) is 4.79 Å². The van der Waals surface area contributed by atoms with E-state index in [1.54, 1.807) is 0 Å². The van der Waals surface area contributed by atoms with Crippen molar-refractivity contribution in [1.82, 2.24) is 4.90 Å². The number of ether oxygens (including phenoxy) is 1. The summed E-state index contributed by atoms with van der Waals surface area (Å²) in [4.78, 5) is 16.8. The SMILES string of the molecule is C[C@@H]1CCCCN1CC(=O)Nc1ccc(N2CCOCC2)cc1. The molecule has 1 amide bonds. The van der Waals surface area contributed by atoms with Crippen molar-refractivity contribution in [3.63, 3.8) is 0 Å². The first-order chi connectivity index (χ1) is 11.2. The van der Waals surface area contributed by atoms with Gasteiger partial charge in [-0.05, 0) is 50.6 Å². The highest BCUT2D eigenvalue weighted by atomic mass is 16.5. The summed E-state index contributed by atoms with van der Waals surface area (Å²) in [6.45, 7) is 7.16. The first-order valence-corrected chi connectivity index (χ1v) is 8.69. The maximum absolute atomic E-state index is 12.2. The second-order valence-corrected chi connectivity index (χ2v) is 6.51. The third-order valence-electron chi connectivity index (χ3n) is 4.81. The Morgan fingerprint density at radius 2 is 1.91 bits per heavy atom. The summed E-state index contributed by atoms with van der Waals surface area (Å²) in [5, 5.41) is 3.02. The van der Waals surface area contributed by atoms with Crippen LogP contribution in [0, 0.1) is 0 Å². The summed E-state index contributed by atoms with van der Waals surface area (Å²) >= 11 is 0. The minimum absolute atomic E-state index is 0.0814. The lowest BCUT2D eigenvalue weighted by atomic mass is 10.0. The Bertz CT molecular complexity index is 512. The molecule has 0 aliphatic carbocycles. The minimum Gasteiger partial charge on any atom is -0.378 e. The Labute approximate surface area is 138 Å². The standard InChI is InChI=1S/C18H27N3O2/c1-15-4-2-3-9-21(15)14-18(22)19-16-5-7-17(8-6-16)20-10-12-23-13-11-20/h5-8,15H,2-4,9-14H2,1H3,(H,19,22)/t15-/m1/s1. The fraction of sp³-hybridized carbons (Fsp3) is 0.611. The lowest BCUT2D eigenvalue weighted by Crippen LogP contribution is -2.42. The predicted octanol–water partition coefficient (Wildman–Crippen LogP) is 2.34. The van der Waals surface area contributed by atoms with E-state index >= 15 is 0 Å². The zero-order valence-corrected chi connectivity index (χ0v) is 14.0. The Balaban J connectivity index is 1.52. The second kappa shape index (κ2) is 7.79. The number of nitrogens with zero attached hydrogens (tertiary/aromatic N) is 2. The first-order valence-electron chi connectivity index (χ1n) is 8.69. The third-order valence-corrected chi connectivity index (χ3v) is 4.81. The maximum atomic E-state index is 12.2. The molecule has 2 saturated heterocycles. The molecular weight excluding hydrogens is 290 g/mol. The number of amides is 1. The molecule has 2 aliphatic heterocycles. The van der Waals surface area contributed by atoms with Gasteiger partial charge in [0.1, 0.15) is 0 Å². The molecule has 3 rings (SSSR count). The number of piperidine rings is 1. The van der Waals surface area contributed by atoms with Crippen molar-refractivity contribution in [1.29, 1.82) is 0 Å². The van der Waals surface area contributed by atoms with Crippen molar-refractivity contribution >= 4 is 17.3 Å². The molecule has 1 N–H and O–H groups in total. The van der Waals surface area contributed by atoms with Crippen LogP contribution in [-0.2, 0) is 9.53 Å². The summed E-state index contributed by atoms with van der Waals surface area (Å²) in [6.07, 6.45) is 3.68. The average Bonchev–Trinajstić information content (AvgIpc) is 2.58. The second-order valence-electron chi connectivity index (χ2n) is 6.51. The molecule has 2 aliphatic rings. The fourth-order valence-corrected chi connectivity index (χ4v) is 3.35. The van der Waals surface area contributed by atoms with E-state index in [4.69, 9.17) is 4.74 Å². The summed E-state index contributed by atoms with van der Waals surface area (Å²) < 4.78 is 5.38.